The lowest BCUT2D eigenvalue weighted by Gasteiger charge is -2.41. The van der Waals surface area contributed by atoms with E-state index in [4.69, 9.17) is 10.5 Å². The Kier molecular flexibility index (Phi) is 2.96. The predicted octanol–water partition coefficient (Wildman–Crippen LogP) is 1.90. The van der Waals surface area contributed by atoms with Crippen LogP contribution >= 0.6 is 0 Å². The van der Waals surface area contributed by atoms with E-state index in [0.717, 1.165) is 25.0 Å². The van der Waals surface area contributed by atoms with Crippen molar-refractivity contribution >= 4 is 12.0 Å². The highest BCUT2D eigenvalue weighted by Gasteiger charge is 2.42. The minimum Gasteiger partial charge on any atom is -0.444 e. The molecular formula is C12H20N4O2. The molecule has 0 atom stereocenters. The van der Waals surface area contributed by atoms with Gasteiger partial charge in [-0.05, 0) is 40.0 Å². The first-order chi connectivity index (χ1) is 8.31. The van der Waals surface area contributed by atoms with Gasteiger partial charge >= 0.3 is 6.09 Å². The lowest BCUT2D eigenvalue weighted by atomic mass is 9.74. The maximum Gasteiger partial charge on any atom is 0.408 e. The number of hydrogen-bond donors (Lipinski definition) is 3. The number of imidazole rings is 1. The van der Waals surface area contributed by atoms with Gasteiger partial charge in [0.2, 0.25) is 0 Å². The average molecular weight is 252 g/mol. The number of ether oxygens (including phenoxy) is 1. The van der Waals surface area contributed by atoms with Crippen molar-refractivity contribution in [3.63, 3.8) is 0 Å². The van der Waals surface area contributed by atoms with Gasteiger partial charge in [-0.25, -0.2) is 9.78 Å². The molecule has 1 heterocycles. The molecule has 0 aromatic carbocycles. The van der Waals surface area contributed by atoms with Gasteiger partial charge in [-0.1, -0.05) is 0 Å². The van der Waals surface area contributed by atoms with Crippen molar-refractivity contribution < 1.29 is 9.53 Å². The lowest BCUT2D eigenvalue weighted by molar-refractivity contribution is 0.0372. The van der Waals surface area contributed by atoms with E-state index in [1.807, 2.05) is 20.8 Å². The van der Waals surface area contributed by atoms with Crippen LogP contribution in [0.5, 0.6) is 0 Å². The molecule has 2 rings (SSSR count). The number of carbonyl (C=O) groups is 1. The zero-order chi connectivity index (χ0) is 13.4. The summed E-state index contributed by atoms with van der Waals surface area (Å²) in [5.41, 5.74) is 5.53. The highest BCUT2D eigenvalue weighted by atomic mass is 16.6. The summed E-state index contributed by atoms with van der Waals surface area (Å²) in [5.74, 6) is 0.363. The Morgan fingerprint density at radius 2 is 2.22 bits per heavy atom. The molecule has 0 spiro atoms. The third kappa shape index (κ3) is 2.57. The van der Waals surface area contributed by atoms with E-state index in [-0.39, 0.29) is 0 Å². The van der Waals surface area contributed by atoms with Gasteiger partial charge in [0, 0.05) is 0 Å². The SMILES string of the molecule is CC(C)(C)OC(=O)NC1(c2cnc(N)[nH]2)CCC1. The Hall–Kier alpha value is -1.72. The fraction of sp³-hybridized carbons (Fsp3) is 0.667. The van der Waals surface area contributed by atoms with E-state index >= 15 is 0 Å². The predicted molar refractivity (Wildman–Crippen MR) is 67.9 cm³/mol. The van der Waals surface area contributed by atoms with E-state index in [9.17, 15) is 4.79 Å². The normalized spacial score (nSPS) is 17.9. The van der Waals surface area contributed by atoms with Crippen LogP contribution in [-0.2, 0) is 10.3 Å². The monoisotopic (exact) mass is 252 g/mol. The molecule has 1 aromatic heterocycles. The summed E-state index contributed by atoms with van der Waals surface area (Å²) in [7, 11) is 0. The van der Waals surface area contributed by atoms with Gasteiger partial charge in [0.25, 0.3) is 0 Å². The second-order valence-electron chi connectivity index (χ2n) is 5.74. The highest BCUT2D eigenvalue weighted by molar-refractivity contribution is 5.69. The second-order valence-corrected chi connectivity index (χ2v) is 5.74. The first-order valence-electron chi connectivity index (χ1n) is 6.13. The molecule has 0 radical (unpaired) electrons. The summed E-state index contributed by atoms with van der Waals surface area (Å²) in [4.78, 5) is 18.8. The Bertz CT molecular complexity index is 443. The number of aromatic nitrogens is 2. The minimum atomic E-state index is -0.498. The fourth-order valence-electron chi connectivity index (χ4n) is 2.07. The first kappa shape index (κ1) is 12.7. The number of nitrogens with zero attached hydrogens (tertiary/aromatic N) is 1. The molecule has 0 aliphatic heterocycles. The summed E-state index contributed by atoms with van der Waals surface area (Å²) < 4.78 is 5.28. The van der Waals surface area contributed by atoms with Gasteiger partial charge in [-0.2, -0.15) is 0 Å². The number of aromatic amines is 1. The van der Waals surface area contributed by atoms with Crippen molar-refractivity contribution in [2.45, 2.75) is 51.2 Å². The standard InChI is InChI=1S/C12H20N4O2/c1-11(2,3)18-10(17)16-12(5-4-6-12)8-7-14-9(13)15-8/h7H,4-6H2,1-3H3,(H,16,17)(H3,13,14,15). The highest BCUT2D eigenvalue weighted by Crippen LogP contribution is 2.40. The molecule has 6 heteroatoms. The number of alkyl carbamates (subject to hydrolysis) is 1. The maximum atomic E-state index is 11.8. The zero-order valence-electron chi connectivity index (χ0n) is 11.0. The minimum absolute atomic E-state index is 0.363. The number of H-pyrrole nitrogens is 1. The number of hydrogen-bond acceptors (Lipinski definition) is 4. The number of nitrogens with one attached hydrogen (secondary N) is 2. The molecule has 1 amide bonds. The molecule has 100 valence electrons. The summed E-state index contributed by atoms with van der Waals surface area (Å²) in [6.07, 6.45) is 4.07. The van der Waals surface area contributed by atoms with Gasteiger partial charge in [0.15, 0.2) is 5.95 Å². The van der Waals surface area contributed by atoms with Crippen molar-refractivity contribution in [1.82, 2.24) is 15.3 Å². The maximum absolute atomic E-state index is 11.8. The van der Waals surface area contributed by atoms with Crippen LogP contribution in [0.3, 0.4) is 0 Å². The fourth-order valence-corrected chi connectivity index (χ4v) is 2.07. The molecule has 1 fully saturated rings. The van der Waals surface area contributed by atoms with Crippen LogP contribution in [0.1, 0.15) is 45.7 Å². The molecule has 1 aliphatic rings. The smallest absolute Gasteiger partial charge is 0.408 e. The van der Waals surface area contributed by atoms with Gasteiger partial charge in [-0.3, -0.25) is 0 Å². The Labute approximate surface area is 106 Å². The van der Waals surface area contributed by atoms with Crippen molar-refractivity contribution in [2.24, 2.45) is 0 Å². The molecule has 0 bridgehead atoms. The van der Waals surface area contributed by atoms with Crippen LogP contribution in [0, 0.1) is 0 Å². The molecule has 1 saturated carbocycles. The number of rotatable bonds is 2. The van der Waals surface area contributed by atoms with Crippen LogP contribution < -0.4 is 11.1 Å². The van der Waals surface area contributed by atoms with Gasteiger partial charge in [0.05, 0.1) is 17.4 Å². The van der Waals surface area contributed by atoms with Crippen LogP contribution in [0.2, 0.25) is 0 Å². The molecule has 0 saturated heterocycles. The van der Waals surface area contributed by atoms with Gasteiger partial charge in [-0.15, -0.1) is 0 Å². The molecule has 1 aliphatic carbocycles. The first-order valence-corrected chi connectivity index (χ1v) is 6.13. The van der Waals surface area contributed by atoms with Crippen LogP contribution in [0.15, 0.2) is 6.20 Å². The van der Waals surface area contributed by atoms with E-state index in [2.05, 4.69) is 15.3 Å². The molecule has 6 nitrogen and oxygen atoms in total. The third-order valence-corrected chi connectivity index (χ3v) is 3.06. The number of anilines is 1. The van der Waals surface area contributed by atoms with Crippen LogP contribution in [-0.4, -0.2) is 21.7 Å². The summed E-state index contributed by atoms with van der Waals surface area (Å²) in [5, 5.41) is 2.93. The quantitative estimate of drug-likeness (QED) is 0.749. The van der Waals surface area contributed by atoms with E-state index in [0.29, 0.717) is 5.95 Å². The Morgan fingerprint density at radius 3 is 2.61 bits per heavy atom. The van der Waals surface area contributed by atoms with Gasteiger partial charge in [0.1, 0.15) is 5.60 Å². The molecule has 18 heavy (non-hydrogen) atoms. The average Bonchev–Trinajstić information content (AvgIpc) is 2.55. The zero-order valence-corrected chi connectivity index (χ0v) is 11.0. The Morgan fingerprint density at radius 1 is 1.56 bits per heavy atom. The van der Waals surface area contributed by atoms with Crippen molar-refractivity contribution in [1.29, 1.82) is 0 Å². The van der Waals surface area contributed by atoms with Gasteiger partial charge < -0.3 is 20.8 Å². The summed E-state index contributed by atoms with van der Waals surface area (Å²) in [6, 6.07) is 0. The Balaban J connectivity index is 2.08. The topological polar surface area (TPSA) is 93.0 Å². The molecule has 4 N–H and O–H groups in total. The van der Waals surface area contributed by atoms with Crippen LogP contribution in [0.4, 0.5) is 10.7 Å². The number of carbonyl (C=O) groups excluding carboxylic acids is 1. The van der Waals surface area contributed by atoms with E-state index < -0.39 is 17.2 Å². The molecule has 0 unspecified atom stereocenters. The second kappa shape index (κ2) is 4.19. The lowest BCUT2D eigenvalue weighted by Crippen LogP contribution is -2.52. The number of nitrogens with two attached hydrogens (primary N) is 1. The third-order valence-electron chi connectivity index (χ3n) is 3.06. The molecular weight excluding hydrogens is 232 g/mol. The largest absolute Gasteiger partial charge is 0.444 e. The van der Waals surface area contributed by atoms with Crippen LogP contribution in [0.25, 0.3) is 0 Å². The molecule has 1 aromatic rings. The van der Waals surface area contributed by atoms with E-state index in [1.54, 1.807) is 6.20 Å². The number of amides is 1. The van der Waals surface area contributed by atoms with Crippen molar-refractivity contribution in [3.05, 3.63) is 11.9 Å². The van der Waals surface area contributed by atoms with Crippen molar-refractivity contribution in [3.8, 4) is 0 Å². The number of nitrogen functional groups attached to an aromatic ring is 1. The van der Waals surface area contributed by atoms with E-state index in [1.165, 1.54) is 0 Å². The summed E-state index contributed by atoms with van der Waals surface area (Å²) in [6.45, 7) is 5.52. The summed E-state index contributed by atoms with van der Waals surface area (Å²) >= 11 is 0. The van der Waals surface area contributed by atoms with Crippen molar-refractivity contribution in [2.75, 3.05) is 5.73 Å².